The molecule has 0 unspecified atom stereocenters. The lowest BCUT2D eigenvalue weighted by Gasteiger charge is -2.27. The summed E-state index contributed by atoms with van der Waals surface area (Å²) in [6, 6.07) is 0.0328. The molecule has 0 amide bonds. The Balaban J connectivity index is 1.78. The maximum atomic E-state index is 11.8. The third-order valence-corrected chi connectivity index (χ3v) is 7.07. The number of rotatable bonds is 5. The van der Waals surface area contributed by atoms with Crippen molar-refractivity contribution in [3.63, 3.8) is 0 Å². The molecule has 2 fully saturated rings. The van der Waals surface area contributed by atoms with Gasteiger partial charge in [-0.2, -0.15) is 5.10 Å². The molecule has 0 radical (unpaired) electrons. The second kappa shape index (κ2) is 7.28. The molecule has 1 aliphatic carbocycles. The molecule has 1 atom stereocenters. The molecule has 1 aromatic heterocycles. The average Bonchev–Trinajstić information content (AvgIpc) is 3.10. The molecule has 1 saturated heterocycles. The molecule has 1 aliphatic heterocycles. The molecule has 0 N–H and O–H groups in total. The number of aromatic nitrogens is 2. The summed E-state index contributed by atoms with van der Waals surface area (Å²) in [7, 11) is -0.948. The lowest BCUT2D eigenvalue weighted by molar-refractivity contribution is 0.229. The molecule has 1 saturated carbocycles. The van der Waals surface area contributed by atoms with E-state index in [2.05, 4.69) is 17.0 Å². The van der Waals surface area contributed by atoms with Crippen molar-refractivity contribution in [3.8, 4) is 12.3 Å². The molecule has 2 aliphatic rings. The summed E-state index contributed by atoms with van der Waals surface area (Å²) in [4.78, 5) is 2.15. The van der Waals surface area contributed by atoms with Crippen LogP contribution in [0.2, 0.25) is 0 Å². The van der Waals surface area contributed by atoms with Gasteiger partial charge in [0.1, 0.15) is 0 Å². The lowest BCUT2D eigenvalue weighted by Crippen LogP contribution is -2.36. The van der Waals surface area contributed by atoms with E-state index in [1.54, 1.807) is 0 Å². The van der Waals surface area contributed by atoms with E-state index in [0.29, 0.717) is 25.4 Å². The summed E-state index contributed by atoms with van der Waals surface area (Å²) in [5, 5.41) is 4.72. The van der Waals surface area contributed by atoms with E-state index >= 15 is 0 Å². The minimum atomic E-state index is -2.91. The number of aryl methyl sites for hydroxylation is 1. The summed E-state index contributed by atoms with van der Waals surface area (Å²) < 4.78 is 25.5. The van der Waals surface area contributed by atoms with Crippen molar-refractivity contribution in [2.45, 2.75) is 57.0 Å². The fraction of sp³-hybridized carbons (Fsp3) is 0.722. The standard InChI is InChI=1S/C18H27N3O2S/c1-3-10-21(17-9-11-24(22,23)14-17)13-16-12-20(2)19-18(16)15-7-5-4-6-8-15/h1,12,15,17H,4-11,13-14H2,2H3/t17-/m1/s1. The number of terminal acetylenes is 1. The fourth-order valence-electron chi connectivity index (χ4n) is 4.11. The molecule has 0 spiro atoms. The van der Waals surface area contributed by atoms with Gasteiger partial charge in [-0.05, 0) is 19.3 Å². The van der Waals surface area contributed by atoms with Crippen LogP contribution in [0.4, 0.5) is 0 Å². The van der Waals surface area contributed by atoms with Crippen molar-refractivity contribution in [1.82, 2.24) is 14.7 Å². The van der Waals surface area contributed by atoms with Crippen LogP contribution >= 0.6 is 0 Å². The second-order valence-corrected chi connectivity index (χ2v) is 9.44. The van der Waals surface area contributed by atoms with E-state index in [1.165, 1.54) is 43.4 Å². The summed E-state index contributed by atoms with van der Waals surface area (Å²) in [6.07, 6.45) is 14.6. The average molecular weight is 350 g/mol. The molecule has 132 valence electrons. The summed E-state index contributed by atoms with van der Waals surface area (Å²) >= 11 is 0. The minimum absolute atomic E-state index is 0.0328. The smallest absolute Gasteiger partial charge is 0.151 e. The van der Waals surface area contributed by atoms with Crippen molar-refractivity contribution >= 4 is 9.84 Å². The Labute approximate surface area is 145 Å². The van der Waals surface area contributed by atoms with Gasteiger partial charge in [-0.25, -0.2) is 8.42 Å². The highest BCUT2D eigenvalue weighted by Crippen LogP contribution is 2.34. The van der Waals surface area contributed by atoms with E-state index in [1.807, 2.05) is 11.7 Å². The van der Waals surface area contributed by atoms with Gasteiger partial charge in [0.25, 0.3) is 0 Å². The van der Waals surface area contributed by atoms with Gasteiger partial charge < -0.3 is 0 Å². The minimum Gasteiger partial charge on any atom is -0.284 e. The molecule has 0 aromatic carbocycles. The number of sulfone groups is 1. The van der Waals surface area contributed by atoms with E-state index in [4.69, 9.17) is 11.5 Å². The fourth-order valence-corrected chi connectivity index (χ4v) is 5.87. The van der Waals surface area contributed by atoms with Crippen LogP contribution < -0.4 is 0 Å². The monoisotopic (exact) mass is 349 g/mol. The zero-order chi connectivity index (χ0) is 17.2. The first kappa shape index (κ1) is 17.5. The van der Waals surface area contributed by atoms with Gasteiger partial charge in [0.15, 0.2) is 9.84 Å². The Kier molecular flexibility index (Phi) is 5.31. The maximum Gasteiger partial charge on any atom is 0.151 e. The Morgan fingerprint density at radius 1 is 1.33 bits per heavy atom. The van der Waals surface area contributed by atoms with Gasteiger partial charge in [0.2, 0.25) is 0 Å². The summed E-state index contributed by atoms with van der Waals surface area (Å²) in [6.45, 7) is 1.18. The van der Waals surface area contributed by atoms with Crippen LogP contribution in [0.1, 0.15) is 55.7 Å². The molecular weight excluding hydrogens is 322 g/mol. The Bertz CT molecular complexity index is 711. The van der Waals surface area contributed by atoms with E-state index < -0.39 is 9.84 Å². The van der Waals surface area contributed by atoms with Crippen molar-refractivity contribution < 1.29 is 8.42 Å². The first-order valence-corrected chi connectivity index (χ1v) is 10.7. The third-order valence-electron chi connectivity index (χ3n) is 5.32. The van der Waals surface area contributed by atoms with Gasteiger partial charge in [0.05, 0.1) is 23.7 Å². The highest BCUT2D eigenvalue weighted by Gasteiger charge is 2.33. The first-order chi connectivity index (χ1) is 11.5. The van der Waals surface area contributed by atoms with E-state index in [9.17, 15) is 8.42 Å². The summed E-state index contributed by atoms with van der Waals surface area (Å²) in [5.41, 5.74) is 2.41. The van der Waals surface area contributed by atoms with Crippen LogP contribution in [-0.2, 0) is 23.4 Å². The molecule has 1 aromatic rings. The Morgan fingerprint density at radius 3 is 2.71 bits per heavy atom. The van der Waals surface area contributed by atoms with Crippen LogP contribution in [-0.4, -0.2) is 47.2 Å². The molecule has 5 nitrogen and oxygen atoms in total. The Hall–Kier alpha value is -1.32. The highest BCUT2D eigenvalue weighted by atomic mass is 32.2. The van der Waals surface area contributed by atoms with E-state index in [0.717, 1.165) is 0 Å². The predicted octanol–water partition coefficient (Wildman–Crippen LogP) is 2.09. The third kappa shape index (κ3) is 4.01. The highest BCUT2D eigenvalue weighted by molar-refractivity contribution is 7.91. The van der Waals surface area contributed by atoms with Crippen molar-refractivity contribution in [2.24, 2.45) is 7.05 Å². The van der Waals surface area contributed by atoms with Gasteiger partial charge in [0, 0.05) is 37.3 Å². The van der Waals surface area contributed by atoms with Crippen molar-refractivity contribution in [3.05, 3.63) is 17.5 Å². The van der Waals surface area contributed by atoms with Crippen LogP contribution in [0.3, 0.4) is 0 Å². The maximum absolute atomic E-state index is 11.8. The van der Waals surface area contributed by atoms with Crippen LogP contribution in [0, 0.1) is 12.3 Å². The molecule has 0 bridgehead atoms. The van der Waals surface area contributed by atoms with Crippen LogP contribution in [0.25, 0.3) is 0 Å². The predicted molar refractivity (Wildman–Crippen MR) is 95.3 cm³/mol. The van der Waals surface area contributed by atoms with Gasteiger partial charge in [-0.1, -0.05) is 25.2 Å². The second-order valence-electron chi connectivity index (χ2n) is 7.21. The normalized spacial score (nSPS) is 24.3. The number of hydrogen-bond acceptors (Lipinski definition) is 4. The quantitative estimate of drug-likeness (QED) is 0.764. The lowest BCUT2D eigenvalue weighted by atomic mass is 9.85. The SMILES string of the molecule is C#CCN(Cc1cn(C)nc1C1CCCCC1)[C@@H]1CCS(=O)(=O)C1. The number of hydrogen-bond donors (Lipinski definition) is 0. The van der Waals surface area contributed by atoms with Crippen LogP contribution in [0.15, 0.2) is 6.20 Å². The van der Waals surface area contributed by atoms with Crippen LogP contribution in [0.5, 0.6) is 0 Å². The van der Waals surface area contributed by atoms with Gasteiger partial charge >= 0.3 is 0 Å². The number of nitrogens with zero attached hydrogens (tertiary/aromatic N) is 3. The zero-order valence-electron chi connectivity index (χ0n) is 14.4. The van der Waals surface area contributed by atoms with Gasteiger partial charge in [-0.15, -0.1) is 6.42 Å². The Morgan fingerprint density at radius 2 is 2.08 bits per heavy atom. The topological polar surface area (TPSA) is 55.2 Å². The van der Waals surface area contributed by atoms with Crippen molar-refractivity contribution in [2.75, 3.05) is 18.1 Å². The largest absolute Gasteiger partial charge is 0.284 e. The van der Waals surface area contributed by atoms with Gasteiger partial charge in [-0.3, -0.25) is 9.58 Å². The van der Waals surface area contributed by atoms with Crippen molar-refractivity contribution in [1.29, 1.82) is 0 Å². The molecule has 24 heavy (non-hydrogen) atoms. The van der Waals surface area contributed by atoms with E-state index in [-0.39, 0.29) is 17.5 Å². The molecule has 2 heterocycles. The summed E-state index contributed by atoms with van der Waals surface area (Å²) in [5.74, 6) is 3.75. The molecular formula is C18H27N3O2S. The first-order valence-electron chi connectivity index (χ1n) is 8.89. The molecule has 3 rings (SSSR count). The zero-order valence-corrected chi connectivity index (χ0v) is 15.3. The molecule has 6 heteroatoms.